The van der Waals surface area contributed by atoms with E-state index in [2.05, 4.69) is 51.6 Å². The van der Waals surface area contributed by atoms with Crippen molar-refractivity contribution >= 4 is 6.08 Å². The summed E-state index contributed by atoms with van der Waals surface area (Å²) in [6.45, 7) is 13.3. The standard InChI is InChI=1S/C18H29N.BrH/c1-5-13-19(14-6-2)18(8-4)15-17-11-9-16(7-3)10-12-17;/h7,9-12,18H,3,5-6,8,13-15H2,1-2,4H3;1H. The highest BCUT2D eigenvalue weighted by Gasteiger charge is 2.19. The number of nitrogens with one attached hydrogen (secondary N) is 1. The highest BCUT2D eigenvalue weighted by Crippen LogP contribution is 2.08. The first-order chi connectivity index (χ1) is 9.24. The molecule has 2 heteroatoms. The molecule has 1 atom stereocenters. The molecule has 0 aliphatic rings. The van der Waals surface area contributed by atoms with E-state index in [4.69, 9.17) is 0 Å². The maximum Gasteiger partial charge on any atom is 0.0912 e. The molecule has 0 radical (unpaired) electrons. The van der Waals surface area contributed by atoms with Gasteiger partial charge < -0.3 is 21.9 Å². The Morgan fingerprint density at radius 1 is 1.05 bits per heavy atom. The van der Waals surface area contributed by atoms with Crippen molar-refractivity contribution in [1.29, 1.82) is 0 Å². The summed E-state index contributed by atoms with van der Waals surface area (Å²) < 4.78 is 0. The van der Waals surface area contributed by atoms with Crippen LogP contribution < -0.4 is 21.9 Å². The van der Waals surface area contributed by atoms with Crippen LogP contribution in [0.15, 0.2) is 30.8 Å². The molecule has 1 unspecified atom stereocenters. The second kappa shape index (κ2) is 11.1. The second-order valence-electron chi connectivity index (χ2n) is 5.41. The Morgan fingerprint density at radius 3 is 2.00 bits per heavy atom. The van der Waals surface area contributed by atoms with Gasteiger partial charge in [-0.2, -0.15) is 0 Å². The van der Waals surface area contributed by atoms with Gasteiger partial charge in [-0.15, -0.1) is 0 Å². The summed E-state index contributed by atoms with van der Waals surface area (Å²) in [5, 5.41) is 0. The van der Waals surface area contributed by atoms with Gasteiger partial charge in [-0.1, -0.05) is 57.7 Å². The fourth-order valence-corrected chi connectivity index (χ4v) is 2.83. The highest BCUT2D eigenvalue weighted by molar-refractivity contribution is 5.47. The number of hydrogen-bond donors (Lipinski definition) is 1. The molecule has 0 saturated carbocycles. The second-order valence-corrected chi connectivity index (χ2v) is 5.41. The Labute approximate surface area is 135 Å². The lowest BCUT2D eigenvalue weighted by Gasteiger charge is -2.27. The minimum atomic E-state index is 0. The van der Waals surface area contributed by atoms with Gasteiger partial charge in [0.05, 0.1) is 19.1 Å². The molecule has 1 N–H and O–H groups in total. The van der Waals surface area contributed by atoms with Crippen molar-refractivity contribution in [2.75, 3.05) is 13.1 Å². The molecule has 114 valence electrons. The Kier molecular flexibility index (Phi) is 10.8. The van der Waals surface area contributed by atoms with Crippen molar-refractivity contribution in [3.8, 4) is 0 Å². The zero-order chi connectivity index (χ0) is 14.1. The zero-order valence-corrected chi connectivity index (χ0v) is 14.9. The van der Waals surface area contributed by atoms with Crippen LogP contribution >= 0.6 is 0 Å². The lowest BCUT2D eigenvalue weighted by atomic mass is 10.0. The third-order valence-corrected chi connectivity index (χ3v) is 3.91. The molecule has 0 heterocycles. The zero-order valence-electron chi connectivity index (χ0n) is 13.3. The van der Waals surface area contributed by atoms with E-state index in [1.54, 1.807) is 4.90 Å². The SMILES string of the molecule is C=Cc1ccc(CC(CC)[NH+](CCC)CCC)cc1.[Br-]. The molecule has 0 saturated heterocycles. The lowest BCUT2D eigenvalue weighted by molar-refractivity contribution is -0.925. The van der Waals surface area contributed by atoms with Crippen molar-refractivity contribution in [2.45, 2.75) is 52.5 Å². The predicted molar refractivity (Wildman–Crippen MR) is 85.6 cm³/mol. The molecule has 20 heavy (non-hydrogen) atoms. The summed E-state index contributed by atoms with van der Waals surface area (Å²) in [6, 6.07) is 9.63. The molecule has 0 bridgehead atoms. The van der Waals surface area contributed by atoms with Gasteiger partial charge >= 0.3 is 0 Å². The van der Waals surface area contributed by atoms with E-state index in [-0.39, 0.29) is 17.0 Å². The highest BCUT2D eigenvalue weighted by atomic mass is 79.9. The largest absolute Gasteiger partial charge is 1.00 e. The van der Waals surface area contributed by atoms with Crippen molar-refractivity contribution in [3.05, 3.63) is 42.0 Å². The Balaban J connectivity index is 0.00000361. The number of quaternary nitrogens is 1. The summed E-state index contributed by atoms with van der Waals surface area (Å²) in [7, 11) is 0. The van der Waals surface area contributed by atoms with Crippen molar-refractivity contribution < 1.29 is 21.9 Å². The van der Waals surface area contributed by atoms with Crippen molar-refractivity contribution in [3.63, 3.8) is 0 Å². The fourth-order valence-electron chi connectivity index (χ4n) is 2.83. The maximum atomic E-state index is 3.81. The normalized spacial score (nSPS) is 12.0. The van der Waals surface area contributed by atoms with Crippen LogP contribution in [0.2, 0.25) is 0 Å². The van der Waals surface area contributed by atoms with E-state index in [0.29, 0.717) is 0 Å². The van der Waals surface area contributed by atoms with Gasteiger partial charge in [-0.25, -0.2) is 0 Å². The first kappa shape index (κ1) is 19.4. The monoisotopic (exact) mass is 339 g/mol. The molecule has 0 amide bonds. The summed E-state index contributed by atoms with van der Waals surface area (Å²) >= 11 is 0. The van der Waals surface area contributed by atoms with Crippen LogP contribution in [-0.2, 0) is 6.42 Å². The summed E-state index contributed by atoms with van der Waals surface area (Å²) in [5.74, 6) is 0. The average molecular weight is 340 g/mol. The molecule has 1 aromatic carbocycles. The van der Waals surface area contributed by atoms with E-state index in [1.807, 2.05) is 6.08 Å². The average Bonchev–Trinajstić information content (AvgIpc) is 2.45. The fraction of sp³-hybridized carbons (Fsp3) is 0.556. The Hall–Kier alpha value is -0.600. The van der Waals surface area contributed by atoms with Crippen LogP contribution in [0, 0.1) is 0 Å². The molecule has 1 nitrogen and oxygen atoms in total. The summed E-state index contributed by atoms with van der Waals surface area (Å²) in [5.41, 5.74) is 2.67. The van der Waals surface area contributed by atoms with Crippen LogP contribution in [-0.4, -0.2) is 19.1 Å². The third kappa shape index (κ3) is 6.23. The predicted octanol–water partition coefficient (Wildman–Crippen LogP) is 0.360. The van der Waals surface area contributed by atoms with Crippen LogP contribution in [0.1, 0.15) is 51.2 Å². The van der Waals surface area contributed by atoms with E-state index >= 15 is 0 Å². The molecule has 0 aromatic heterocycles. The van der Waals surface area contributed by atoms with Gasteiger partial charge in [-0.05, 0) is 30.4 Å². The molecule has 0 aliphatic carbocycles. The van der Waals surface area contributed by atoms with Crippen molar-refractivity contribution in [1.82, 2.24) is 0 Å². The Bertz CT molecular complexity index is 352. The first-order valence-corrected chi connectivity index (χ1v) is 7.81. The number of rotatable bonds is 9. The third-order valence-electron chi connectivity index (χ3n) is 3.91. The van der Waals surface area contributed by atoms with Crippen LogP contribution in [0.4, 0.5) is 0 Å². The molecular weight excluding hydrogens is 310 g/mol. The van der Waals surface area contributed by atoms with E-state index in [0.717, 1.165) is 6.04 Å². The van der Waals surface area contributed by atoms with Gasteiger partial charge in [0.1, 0.15) is 0 Å². The number of hydrogen-bond acceptors (Lipinski definition) is 0. The summed E-state index contributed by atoms with van der Waals surface area (Å²) in [6.07, 6.45) is 6.93. The maximum absolute atomic E-state index is 3.81. The van der Waals surface area contributed by atoms with Crippen LogP contribution in [0.5, 0.6) is 0 Å². The van der Waals surface area contributed by atoms with Crippen molar-refractivity contribution in [2.24, 2.45) is 0 Å². The lowest BCUT2D eigenvalue weighted by Crippen LogP contribution is -3.16. The van der Waals surface area contributed by atoms with Crippen LogP contribution in [0.25, 0.3) is 6.08 Å². The first-order valence-electron chi connectivity index (χ1n) is 7.81. The van der Waals surface area contributed by atoms with E-state index in [9.17, 15) is 0 Å². The molecule has 0 fully saturated rings. The van der Waals surface area contributed by atoms with Gasteiger partial charge in [0, 0.05) is 6.42 Å². The van der Waals surface area contributed by atoms with Gasteiger partial charge in [-0.3, -0.25) is 0 Å². The molecule has 0 spiro atoms. The summed E-state index contributed by atoms with van der Waals surface area (Å²) in [4.78, 5) is 1.78. The molecule has 1 rings (SSSR count). The number of benzene rings is 1. The van der Waals surface area contributed by atoms with Gasteiger partial charge in [0.25, 0.3) is 0 Å². The van der Waals surface area contributed by atoms with E-state index < -0.39 is 0 Å². The molecule has 1 aromatic rings. The van der Waals surface area contributed by atoms with Gasteiger partial charge in [0.15, 0.2) is 0 Å². The van der Waals surface area contributed by atoms with Crippen LogP contribution in [0.3, 0.4) is 0 Å². The topological polar surface area (TPSA) is 4.44 Å². The minimum absolute atomic E-state index is 0. The smallest absolute Gasteiger partial charge is 0.0912 e. The van der Waals surface area contributed by atoms with E-state index in [1.165, 1.54) is 49.9 Å². The number of halogens is 1. The molecule has 0 aliphatic heterocycles. The molecular formula is C18H30BrN. The quantitative estimate of drug-likeness (QED) is 0.662. The minimum Gasteiger partial charge on any atom is -1.00 e. The van der Waals surface area contributed by atoms with Gasteiger partial charge in [0.2, 0.25) is 0 Å². The Morgan fingerprint density at radius 2 is 1.60 bits per heavy atom.